The highest BCUT2D eigenvalue weighted by Gasteiger charge is 2.12. The van der Waals surface area contributed by atoms with Crippen molar-refractivity contribution in [2.75, 3.05) is 17.7 Å². The summed E-state index contributed by atoms with van der Waals surface area (Å²) in [6.45, 7) is 0.463. The number of carbonyl (C=O) groups is 1. The van der Waals surface area contributed by atoms with Gasteiger partial charge in [-0.25, -0.2) is 8.78 Å². The molecule has 0 saturated carbocycles. The maximum atomic E-state index is 13.6. The van der Waals surface area contributed by atoms with E-state index in [1.807, 2.05) is 24.3 Å². The summed E-state index contributed by atoms with van der Waals surface area (Å²) >= 11 is 0. The van der Waals surface area contributed by atoms with Crippen molar-refractivity contribution in [2.24, 2.45) is 0 Å². The molecule has 1 aromatic heterocycles. The Kier molecular flexibility index (Phi) is 5.55. The van der Waals surface area contributed by atoms with Crippen molar-refractivity contribution in [3.63, 3.8) is 0 Å². The van der Waals surface area contributed by atoms with Crippen molar-refractivity contribution in [2.45, 2.75) is 6.54 Å². The first-order valence-electron chi connectivity index (χ1n) is 8.02. The van der Waals surface area contributed by atoms with Gasteiger partial charge in [0.25, 0.3) is 5.91 Å². The van der Waals surface area contributed by atoms with E-state index in [-0.39, 0.29) is 11.4 Å². The van der Waals surface area contributed by atoms with Gasteiger partial charge in [-0.1, -0.05) is 18.2 Å². The molecule has 0 unspecified atom stereocenters. The third-order valence-electron chi connectivity index (χ3n) is 3.73. The summed E-state index contributed by atoms with van der Waals surface area (Å²) in [5, 5.41) is 13.2. The molecule has 0 fully saturated rings. The van der Waals surface area contributed by atoms with E-state index in [2.05, 4.69) is 20.8 Å². The topological polar surface area (TPSA) is 76.1 Å². The van der Waals surface area contributed by atoms with E-state index in [1.54, 1.807) is 13.2 Å². The van der Waals surface area contributed by atoms with Crippen LogP contribution in [0.4, 0.5) is 20.3 Å². The minimum absolute atomic E-state index is 0.00145. The molecule has 27 heavy (non-hydrogen) atoms. The van der Waals surface area contributed by atoms with Gasteiger partial charge in [-0.05, 0) is 30.3 Å². The molecule has 138 valence electrons. The maximum absolute atomic E-state index is 13.6. The number of carbonyl (C=O) groups excluding carboxylic acids is 1. The van der Waals surface area contributed by atoms with Crippen molar-refractivity contribution < 1.29 is 18.3 Å². The lowest BCUT2D eigenvalue weighted by molar-refractivity contribution is 0.102. The van der Waals surface area contributed by atoms with E-state index in [4.69, 9.17) is 4.74 Å². The first-order valence-corrected chi connectivity index (χ1v) is 8.02. The van der Waals surface area contributed by atoms with Crippen LogP contribution in [0.5, 0.6) is 5.75 Å². The quantitative estimate of drug-likeness (QED) is 0.693. The highest BCUT2D eigenvalue weighted by atomic mass is 19.1. The molecule has 0 radical (unpaired) electrons. The molecule has 0 atom stereocenters. The minimum Gasteiger partial charge on any atom is -0.496 e. The van der Waals surface area contributed by atoms with Gasteiger partial charge < -0.3 is 15.4 Å². The van der Waals surface area contributed by atoms with E-state index < -0.39 is 17.5 Å². The molecule has 6 nitrogen and oxygen atoms in total. The van der Waals surface area contributed by atoms with Crippen LogP contribution >= 0.6 is 0 Å². The molecule has 8 heteroatoms. The number of benzene rings is 2. The van der Waals surface area contributed by atoms with Gasteiger partial charge in [-0.15, -0.1) is 10.2 Å². The first-order chi connectivity index (χ1) is 13.1. The van der Waals surface area contributed by atoms with Crippen LogP contribution in [0.2, 0.25) is 0 Å². The lowest BCUT2D eigenvalue weighted by Gasteiger charge is -2.10. The monoisotopic (exact) mass is 370 g/mol. The van der Waals surface area contributed by atoms with Crippen LogP contribution in [0.15, 0.2) is 54.6 Å². The zero-order chi connectivity index (χ0) is 19.2. The summed E-state index contributed by atoms with van der Waals surface area (Å²) in [5.74, 6) is -1.04. The van der Waals surface area contributed by atoms with Crippen molar-refractivity contribution in [3.8, 4) is 5.75 Å². The molecular weight excluding hydrogens is 354 g/mol. The molecule has 0 spiro atoms. The summed E-state index contributed by atoms with van der Waals surface area (Å²) in [5.41, 5.74) is 0.804. The molecule has 1 amide bonds. The van der Waals surface area contributed by atoms with Gasteiger partial charge in [0.15, 0.2) is 5.69 Å². The van der Waals surface area contributed by atoms with Gasteiger partial charge in [0.1, 0.15) is 23.2 Å². The second-order valence-corrected chi connectivity index (χ2v) is 5.55. The predicted octanol–water partition coefficient (Wildman–Crippen LogP) is 3.63. The molecule has 0 aliphatic carbocycles. The van der Waals surface area contributed by atoms with E-state index in [9.17, 15) is 13.6 Å². The lowest BCUT2D eigenvalue weighted by atomic mass is 10.2. The highest BCUT2D eigenvalue weighted by molar-refractivity contribution is 6.02. The summed E-state index contributed by atoms with van der Waals surface area (Å²) in [7, 11) is 1.59. The van der Waals surface area contributed by atoms with Crippen LogP contribution in [-0.4, -0.2) is 23.2 Å². The standard InChI is InChI=1S/C19H16F2N4O2/c1-27-17-5-3-2-4-12(17)11-22-18-9-8-16(24-25-18)19(26)23-15-7-6-13(20)10-14(15)21/h2-10H,11H2,1H3,(H,22,25)(H,23,26). The molecule has 2 aromatic carbocycles. The third-order valence-corrected chi connectivity index (χ3v) is 3.73. The number of nitrogens with one attached hydrogen (secondary N) is 2. The van der Waals surface area contributed by atoms with Crippen LogP contribution in [0, 0.1) is 11.6 Å². The Labute approximate surface area is 154 Å². The number of methoxy groups -OCH3 is 1. The van der Waals surface area contributed by atoms with E-state index in [0.717, 1.165) is 23.4 Å². The minimum atomic E-state index is -0.869. The second-order valence-electron chi connectivity index (χ2n) is 5.55. The van der Waals surface area contributed by atoms with Gasteiger partial charge in [0.2, 0.25) is 0 Å². The third kappa shape index (κ3) is 4.55. The average Bonchev–Trinajstić information content (AvgIpc) is 2.69. The fraction of sp³-hybridized carbons (Fsp3) is 0.105. The second kappa shape index (κ2) is 8.22. The van der Waals surface area contributed by atoms with Gasteiger partial charge in [-0.2, -0.15) is 0 Å². The predicted molar refractivity (Wildman–Crippen MR) is 96.7 cm³/mol. The van der Waals surface area contributed by atoms with Crippen LogP contribution in [0.1, 0.15) is 16.1 Å². The fourth-order valence-electron chi connectivity index (χ4n) is 2.36. The smallest absolute Gasteiger partial charge is 0.276 e. The number of ether oxygens (including phenoxy) is 1. The largest absolute Gasteiger partial charge is 0.496 e. The normalized spacial score (nSPS) is 10.3. The fourth-order valence-corrected chi connectivity index (χ4v) is 2.36. The van der Waals surface area contributed by atoms with Crippen LogP contribution in [-0.2, 0) is 6.54 Å². The zero-order valence-electron chi connectivity index (χ0n) is 14.4. The van der Waals surface area contributed by atoms with E-state index in [1.165, 1.54) is 6.07 Å². The molecule has 0 saturated heterocycles. The summed E-state index contributed by atoms with van der Waals surface area (Å²) < 4.78 is 31.8. The van der Waals surface area contributed by atoms with Gasteiger partial charge in [0, 0.05) is 18.2 Å². The number of nitrogens with zero attached hydrogens (tertiary/aromatic N) is 2. The first kappa shape index (κ1) is 18.2. The number of anilines is 2. The summed E-state index contributed by atoms with van der Waals surface area (Å²) in [6.07, 6.45) is 0. The zero-order valence-corrected chi connectivity index (χ0v) is 14.4. The van der Waals surface area contributed by atoms with E-state index >= 15 is 0 Å². The molecule has 1 heterocycles. The van der Waals surface area contributed by atoms with Crippen LogP contribution in [0.25, 0.3) is 0 Å². The number of rotatable bonds is 6. The Morgan fingerprint density at radius 2 is 1.89 bits per heavy atom. The number of amides is 1. The molecule has 0 aliphatic rings. The van der Waals surface area contributed by atoms with Crippen molar-refractivity contribution in [1.82, 2.24) is 10.2 Å². The summed E-state index contributed by atoms with van der Waals surface area (Å²) in [4.78, 5) is 12.1. The number of para-hydroxylation sites is 1. The lowest BCUT2D eigenvalue weighted by Crippen LogP contribution is -2.16. The highest BCUT2D eigenvalue weighted by Crippen LogP contribution is 2.19. The van der Waals surface area contributed by atoms with Crippen LogP contribution in [0.3, 0.4) is 0 Å². The number of halogens is 2. The Bertz CT molecular complexity index is 949. The number of aromatic nitrogens is 2. The Morgan fingerprint density at radius 3 is 2.59 bits per heavy atom. The van der Waals surface area contributed by atoms with Crippen molar-refractivity contribution in [1.29, 1.82) is 0 Å². The Morgan fingerprint density at radius 1 is 1.07 bits per heavy atom. The van der Waals surface area contributed by atoms with Crippen molar-refractivity contribution in [3.05, 3.63) is 77.5 Å². The SMILES string of the molecule is COc1ccccc1CNc1ccc(C(=O)Nc2ccc(F)cc2F)nn1. The molecule has 3 rings (SSSR count). The number of hydrogen-bond acceptors (Lipinski definition) is 5. The van der Waals surface area contributed by atoms with Crippen molar-refractivity contribution >= 4 is 17.4 Å². The molecule has 3 aromatic rings. The van der Waals surface area contributed by atoms with E-state index in [0.29, 0.717) is 18.4 Å². The molecular formula is C19H16F2N4O2. The van der Waals surface area contributed by atoms with Crippen LogP contribution < -0.4 is 15.4 Å². The molecule has 0 aliphatic heterocycles. The Balaban J connectivity index is 1.63. The molecule has 0 bridgehead atoms. The van der Waals surface area contributed by atoms with Gasteiger partial charge in [-0.3, -0.25) is 4.79 Å². The maximum Gasteiger partial charge on any atom is 0.276 e. The van der Waals surface area contributed by atoms with Gasteiger partial charge >= 0.3 is 0 Å². The average molecular weight is 370 g/mol. The molecule has 2 N–H and O–H groups in total. The van der Waals surface area contributed by atoms with Gasteiger partial charge in [0.05, 0.1) is 12.8 Å². The summed E-state index contributed by atoms with van der Waals surface area (Å²) in [6, 6.07) is 13.4. The Hall–Kier alpha value is -3.55. The number of hydrogen-bond donors (Lipinski definition) is 2.